The van der Waals surface area contributed by atoms with Crippen LogP contribution in [0.1, 0.15) is 39.5 Å². The van der Waals surface area contributed by atoms with E-state index in [9.17, 15) is 0 Å². The molecule has 1 fully saturated rings. The molecule has 0 amide bonds. The van der Waals surface area contributed by atoms with Gasteiger partial charge in [-0.25, -0.2) is 0 Å². The van der Waals surface area contributed by atoms with E-state index in [1.54, 1.807) is 7.11 Å². The van der Waals surface area contributed by atoms with Crippen LogP contribution in [0.2, 0.25) is 0 Å². The Balaban J connectivity index is 2.17. The van der Waals surface area contributed by atoms with Crippen LogP contribution in [0.4, 0.5) is 0 Å². The van der Waals surface area contributed by atoms with Crippen LogP contribution in [-0.4, -0.2) is 50.3 Å². The summed E-state index contributed by atoms with van der Waals surface area (Å²) in [5, 5.41) is 3.59. The van der Waals surface area contributed by atoms with E-state index in [0.29, 0.717) is 6.04 Å². The van der Waals surface area contributed by atoms with Crippen LogP contribution >= 0.6 is 0 Å². The molecule has 0 aromatic carbocycles. The lowest BCUT2D eigenvalue weighted by Crippen LogP contribution is -2.43. The van der Waals surface area contributed by atoms with Gasteiger partial charge in [-0.1, -0.05) is 6.42 Å². The van der Waals surface area contributed by atoms with Crippen LogP contribution < -0.4 is 5.32 Å². The van der Waals surface area contributed by atoms with Crippen LogP contribution in [-0.2, 0) is 4.74 Å². The zero-order chi connectivity index (χ0) is 12.0. The molecule has 1 saturated heterocycles. The van der Waals surface area contributed by atoms with Gasteiger partial charge in [-0.2, -0.15) is 0 Å². The van der Waals surface area contributed by atoms with Crippen LogP contribution in [0.15, 0.2) is 0 Å². The van der Waals surface area contributed by atoms with Crippen molar-refractivity contribution >= 4 is 0 Å². The molecule has 3 nitrogen and oxygen atoms in total. The fourth-order valence-corrected chi connectivity index (χ4v) is 2.11. The molecule has 0 saturated carbocycles. The summed E-state index contributed by atoms with van der Waals surface area (Å²) in [7, 11) is 4.00. The van der Waals surface area contributed by atoms with Crippen molar-refractivity contribution < 1.29 is 4.74 Å². The number of nitrogens with one attached hydrogen (secondary N) is 1. The second-order valence-corrected chi connectivity index (χ2v) is 5.62. The quantitative estimate of drug-likeness (QED) is 0.751. The van der Waals surface area contributed by atoms with Gasteiger partial charge in [-0.05, 0) is 46.7 Å². The maximum atomic E-state index is 5.44. The highest BCUT2D eigenvalue weighted by Crippen LogP contribution is 2.14. The largest absolute Gasteiger partial charge is 0.379 e. The van der Waals surface area contributed by atoms with Gasteiger partial charge in [0.25, 0.3) is 0 Å². The summed E-state index contributed by atoms with van der Waals surface area (Å²) in [6.45, 7) is 7.78. The summed E-state index contributed by atoms with van der Waals surface area (Å²) in [5.74, 6) is 0. The van der Waals surface area contributed by atoms with E-state index in [4.69, 9.17) is 4.74 Å². The average Bonchev–Trinajstić information content (AvgIpc) is 2.28. The van der Waals surface area contributed by atoms with Crippen molar-refractivity contribution in [1.29, 1.82) is 0 Å². The van der Waals surface area contributed by atoms with Gasteiger partial charge in [0, 0.05) is 26.2 Å². The topological polar surface area (TPSA) is 24.5 Å². The summed E-state index contributed by atoms with van der Waals surface area (Å²) in [6.07, 6.45) is 5.15. The molecule has 1 unspecified atom stereocenters. The first-order chi connectivity index (χ1) is 7.53. The van der Waals surface area contributed by atoms with Gasteiger partial charge in [0.05, 0.1) is 5.60 Å². The lowest BCUT2D eigenvalue weighted by molar-refractivity contribution is 0.00848. The van der Waals surface area contributed by atoms with Crippen molar-refractivity contribution in [3.63, 3.8) is 0 Å². The minimum absolute atomic E-state index is 0.00819. The fraction of sp³-hybridized carbons (Fsp3) is 1.00. The van der Waals surface area contributed by atoms with Gasteiger partial charge in [0.1, 0.15) is 0 Å². The molecule has 1 aliphatic heterocycles. The van der Waals surface area contributed by atoms with Crippen molar-refractivity contribution in [1.82, 2.24) is 10.2 Å². The molecule has 0 aliphatic carbocycles. The molecule has 1 aliphatic rings. The van der Waals surface area contributed by atoms with Crippen LogP contribution in [0.3, 0.4) is 0 Å². The minimum atomic E-state index is 0.00819. The fourth-order valence-electron chi connectivity index (χ4n) is 2.11. The van der Waals surface area contributed by atoms with E-state index in [2.05, 4.69) is 31.1 Å². The number of nitrogens with zero attached hydrogens (tertiary/aromatic N) is 1. The van der Waals surface area contributed by atoms with Gasteiger partial charge in [0.2, 0.25) is 0 Å². The lowest BCUT2D eigenvalue weighted by atomic mass is 10.0. The molecule has 0 radical (unpaired) electrons. The van der Waals surface area contributed by atoms with Gasteiger partial charge < -0.3 is 15.0 Å². The minimum Gasteiger partial charge on any atom is -0.379 e. The number of piperidine rings is 1. The molecule has 0 aromatic rings. The zero-order valence-corrected chi connectivity index (χ0v) is 11.4. The zero-order valence-electron chi connectivity index (χ0n) is 11.4. The average molecular weight is 228 g/mol. The molecule has 0 aromatic heterocycles. The Morgan fingerprint density at radius 2 is 2.12 bits per heavy atom. The molecular formula is C13H28N2O. The Morgan fingerprint density at radius 1 is 1.38 bits per heavy atom. The third kappa shape index (κ3) is 5.28. The Morgan fingerprint density at radius 3 is 2.69 bits per heavy atom. The Hall–Kier alpha value is -0.120. The molecule has 16 heavy (non-hydrogen) atoms. The van der Waals surface area contributed by atoms with Crippen LogP contribution in [0.5, 0.6) is 0 Å². The molecule has 0 spiro atoms. The standard InChI is InChI=1S/C13H28N2O/c1-13(2,16-4)8-10-15(3)11-12-7-5-6-9-14-12/h12,14H,5-11H2,1-4H3. The van der Waals surface area contributed by atoms with Gasteiger partial charge in [0.15, 0.2) is 0 Å². The van der Waals surface area contributed by atoms with E-state index in [-0.39, 0.29) is 5.60 Å². The van der Waals surface area contributed by atoms with Crippen molar-refractivity contribution in [3.05, 3.63) is 0 Å². The number of hydrogen-bond acceptors (Lipinski definition) is 3. The number of likely N-dealkylation sites (N-methyl/N-ethyl adjacent to an activating group) is 1. The molecule has 1 atom stereocenters. The Kier molecular flexibility index (Phi) is 5.73. The second-order valence-electron chi connectivity index (χ2n) is 5.62. The van der Waals surface area contributed by atoms with E-state index in [1.165, 1.54) is 32.4 Å². The summed E-state index contributed by atoms with van der Waals surface area (Å²) < 4.78 is 5.44. The molecule has 0 bridgehead atoms. The van der Waals surface area contributed by atoms with Crippen LogP contribution in [0, 0.1) is 0 Å². The number of methoxy groups -OCH3 is 1. The normalized spacial score (nSPS) is 22.7. The summed E-state index contributed by atoms with van der Waals surface area (Å²) in [4.78, 5) is 2.42. The SMILES string of the molecule is COC(C)(C)CCN(C)CC1CCCCN1. The maximum absolute atomic E-state index is 5.44. The van der Waals surface area contributed by atoms with Gasteiger partial charge in [-0.15, -0.1) is 0 Å². The predicted molar refractivity (Wildman–Crippen MR) is 68.8 cm³/mol. The number of hydrogen-bond donors (Lipinski definition) is 1. The summed E-state index contributed by atoms with van der Waals surface area (Å²) >= 11 is 0. The molecule has 1 N–H and O–H groups in total. The number of ether oxygens (including phenoxy) is 1. The van der Waals surface area contributed by atoms with E-state index in [0.717, 1.165) is 13.0 Å². The third-order valence-corrected chi connectivity index (χ3v) is 3.59. The van der Waals surface area contributed by atoms with Crippen molar-refractivity contribution in [2.75, 3.05) is 33.8 Å². The van der Waals surface area contributed by atoms with Crippen molar-refractivity contribution in [2.24, 2.45) is 0 Å². The maximum Gasteiger partial charge on any atom is 0.0634 e. The number of rotatable bonds is 6. The monoisotopic (exact) mass is 228 g/mol. The molecular weight excluding hydrogens is 200 g/mol. The third-order valence-electron chi connectivity index (χ3n) is 3.59. The van der Waals surface area contributed by atoms with E-state index >= 15 is 0 Å². The van der Waals surface area contributed by atoms with Crippen molar-refractivity contribution in [3.8, 4) is 0 Å². The second kappa shape index (κ2) is 6.58. The highest BCUT2D eigenvalue weighted by Gasteiger charge is 2.19. The molecule has 1 heterocycles. The highest BCUT2D eigenvalue weighted by molar-refractivity contribution is 4.76. The smallest absolute Gasteiger partial charge is 0.0634 e. The molecule has 3 heteroatoms. The van der Waals surface area contributed by atoms with Gasteiger partial charge >= 0.3 is 0 Å². The van der Waals surface area contributed by atoms with Crippen molar-refractivity contribution in [2.45, 2.75) is 51.2 Å². The molecule has 96 valence electrons. The van der Waals surface area contributed by atoms with E-state index in [1.807, 2.05) is 0 Å². The highest BCUT2D eigenvalue weighted by atomic mass is 16.5. The summed E-state index contributed by atoms with van der Waals surface area (Å²) in [5.41, 5.74) is 0.00819. The van der Waals surface area contributed by atoms with Gasteiger partial charge in [-0.3, -0.25) is 0 Å². The Labute approximate surface area is 101 Å². The first kappa shape index (κ1) is 13.9. The first-order valence-electron chi connectivity index (χ1n) is 6.50. The molecule has 1 rings (SSSR count). The van der Waals surface area contributed by atoms with E-state index < -0.39 is 0 Å². The first-order valence-corrected chi connectivity index (χ1v) is 6.50. The summed E-state index contributed by atoms with van der Waals surface area (Å²) in [6, 6.07) is 0.699. The van der Waals surface area contributed by atoms with Crippen LogP contribution in [0.25, 0.3) is 0 Å². The Bertz CT molecular complexity index is 188. The predicted octanol–water partition coefficient (Wildman–Crippen LogP) is 1.88. The lowest BCUT2D eigenvalue weighted by Gasteiger charge is -2.30.